The monoisotopic (exact) mass is 234 g/mol. The van der Waals surface area contributed by atoms with E-state index in [-0.39, 0.29) is 6.10 Å². The van der Waals surface area contributed by atoms with E-state index in [1.807, 2.05) is 6.07 Å². The summed E-state index contributed by atoms with van der Waals surface area (Å²) in [4.78, 5) is 0. The van der Waals surface area contributed by atoms with E-state index in [4.69, 9.17) is 9.47 Å². The van der Waals surface area contributed by atoms with Crippen molar-refractivity contribution >= 4 is 0 Å². The summed E-state index contributed by atoms with van der Waals surface area (Å²) in [6.07, 6.45) is 3.62. The first-order valence-corrected chi connectivity index (χ1v) is 6.37. The summed E-state index contributed by atoms with van der Waals surface area (Å²) in [5.74, 6) is 0.861. The average Bonchev–Trinajstić information content (AvgIpc) is 2.79. The summed E-state index contributed by atoms with van der Waals surface area (Å²) < 4.78 is 11.2. The van der Waals surface area contributed by atoms with Gasteiger partial charge in [0.1, 0.15) is 11.9 Å². The molecule has 3 nitrogen and oxygen atoms in total. The summed E-state index contributed by atoms with van der Waals surface area (Å²) in [5.41, 5.74) is 2.84. The SMILES string of the molecule is OC1CCOCC1Oc1ccc2c(c1)CCC2. The Morgan fingerprint density at radius 1 is 1.24 bits per heavy atom. The summed E-state index contributed by atoms with van der Waals surface area (Å²) >= 11 is 0. The summed E-state index contributed by atoms with van der Waals surface area (Å²) in [6.45, 7) is 1.11. The highest BCUT2D eigenvalue weighted by Gasteiger charge is 2.25. The summed E-state index contributed by atoms with van der Waals surface area (Å²) in [6, 6.07) is 6.27. The van der Waals surface area contributed by atoms with Gasteiger partial charge in [0.2, 0.25) is 0 Å². The van der Waals surface area contributed by atoms with Crippen molar-refractivity contribution in [2.75, 3.05) is 13.2 Å². The zero-order chi connectivity index (χ0) is 11.7. The molecule has 1 aromatic carbocycles. The number of aliphatic hydroxyl groups is 1. The van der Waals surface area contributed by atoms with Crippen molar-refractivity contribution in [3.63, 3.8) is 0 Å². The predicted molar refractivity (Wildman–Crippen MR) is 64.3 cm³/mol. The third kappa shape index (κ3) is 2.31. The molecule has 1 N–H and O–H groups in total. The van der Waals surface area contributed by atoms with Crippen LogP contribution in [0.3, 0.4) is 0 Å². The van der Waals surface area contributed by atoms with E-state index in [9.17, 15) is 5.11 Å². The van der Waals surface area contributed by atoms with Crippen molar-refractivity contribution in [2.24, 2.45) is 0 Å². The van der Waals surface area contributed by atoms with Crippen LogP contribution in [0.2, 0.25) is 0 Å². The molecule has 1 aliphatic carbocycles. The minimum Gasteiger partial charge on any atom is -0.485 e. The Labute approximate surface area is 101 Å². The molecule has 3 heteroatoms. The standard InChI is InChI=1S/C14H18O3/c15-13-6-7-16-9-14(13)17-12-5-4-10-2-1-3-11(10)8-12/h4-5,8,13-15H,1-3,6-7,9H2. The van der Waals surface area contributed by atoms with Gasteiger partial charge in [0.15, 0.2) is 0 Å². The second-order valence-electron chi connectivity index (χ2n) is 4.87. The van der Waals surface area contributed by atoms with E-state index in [1.165, 1.54) is 24.0 Å². The number of rotatable bonds is 2. The Balaban J connectivity index is 1.72. The van der Waals surface area contributed by atoms with Crippen molar-refractivity contribution in [3.05, 3.63) is 29.3 Å². The van der Waals surface area contributed by atoms with Gasteiger partial charge in [-0.1, -0.05) is 6.07 Å². The van der Waals surface area contributed by atoms with Crippen LogP contribution in [0.25, 0.3) is 0 Å². The molecule has 2 unspecified atom stereocenters. The van der Waals surface area contributed by atoms with Crippen LogP contribution in [0.15, 0.2) is 18.2 Å². The van der Waals surface area contributed by atoms with Gasteiger partial charge in [0.05, 0.1) is 12.7 Å². The molecule has 1 aliphatic heterocycles. The lowest BCUT2D eigenvalue weighted by molar-refractivity contribution is -0.0735. The van der Waals surface area contributed by atoms with Crippen molar-refractivity contribution in [1.29, 1.82) is 0 Å². The molecule has 1 aromatic rings. The number of fused-ring (bicyclic) bond motifs is 1. The predicted octanol–water partition coefficient (Wildman–Crippen LogP) is 1.70. The Kier molecular flexibility index (Phi) is 3.04. The van der Waals surface area contributed by atoms with Gasteiger partial charge in [0, 0.05) is 13.0 Å². The number of hydrogen-bond acceptors (Lipinski definition) is 3. The molecule has 1 fully saturated rings. The summed E-state index contributed by atoms with van der Waals surface area (Å²) in [7, 11) is 0. The molecular weight excluding hydrogens is 216 g/mol. The van der Waals surface area contributed by atoms with E-state index in [1.54, 1.807) is 0 Å². The Morgan fingerprint density at radius 2 is 2.12 bits per heavy atom. The molecule has 0 aromatic heterocycles. The molecule has 17 heavy (non-hydrogen) atoms. The summed E-state index contributed by atoms with van der Waals surface area (Å²) in [5, 5.41) is 9.82. The maximum atomic E-state index is 9.82. The van der Waals surface area contributed by atoms with Gasteiger partial charge >= 0.3 is 0 Å². The molecule has 1 heterocycles. The number of ether oxygens (including phenoxy) is 2. The zero-order valence-corrected chi connectivity index (χ0v) is 9.89. The van der Waals surface area contributed by atoms with E-state index < -0.39 is 6.10 Å². The minimum absolute atomic E-state index is 0.219. The first-order chi connectivity index (χ1) is 8.33. The van der Waals surface area contributed by atoms with Gasteiger partial charge in [-0.15, -0.1) is 0 Å². The fraction of sp³-hybridized carbons (Fsp3) is 0.571. The van der Waals surface area contributed by atoms with E-state index in [0.29, 0.717) is 19.6 Å². The Morgan fingerprint density at radius 3 is 3.00 bits per heavy atom. The molecule has 92 valence electrons. The Bertz CT molecular complexity index is 402. The molecule has 0 amide bonds. The third-order valence-electron chi connectivity index (χ3n) is 3.63. The number of aryl methyl sites for hydroxylation is 2. The van der Waals surface area contributed by atoms with Crippen LogP contribution in [-0.2, 0) is 17.6 Å². The molecule has 0 bridgehead atoms. The smallest absolute Gasteiger partial charge is 0.148 e. The second-order valence-corrected chi connectivity index (χ2v) is 4.87. The highest BCUT2D eigenvalue weighted by Crippen LogP contribution is 2.27. The van der Waals surface area contributed by atoms with Crippen LogP contribution < -0.4 is 4.74 Å². The lowest BCUT2D eigenvalue weighted by Gasteiger charge is -2.28. The van der Waals surface area contributed by atoms with Crippen molar-refractivity contribution in [2.45, 2.75) is 37.9 Å². The van der Waals surface area contributed by atoms with E-state index in [0.717, 1.165) is 12.2 Å². The topological polar surface area (TPSA) is 38.7 Å². The van der Waals surface area contributed by atoms with Crippen molar-refractivity contribution in [1.82, 2.24) is 0 Å². The number of hydrogen-bond donors (Lipinski definition) is 1. The molecule has 0 radical (unpaired) electrons. The van der Waals surface area contributed by atoms with Gasteiger partial charge in [-0.25, -0.2) is 0 Å². The highest BCUT2D eigenvalue weighted by atomic mass is 16.5. The lowest BCUT2D eigenvalue weighted by atomic mass is 10.1. The van der Waals surface area contributed by atoms with Crippen LogP contribution in [0.4, 0.5) is 0 Å². The maximum absolute atomic E-state index is 9.82. The lowest BCUT2D eigenvalue weighted by Crippen LogP contribution is -2.40. The molecule has 1 saturated heterocycles. The van der Waals surface area contributed by atoms with E-state index >= 15 is 0 Å². The van der Waals surface area contributed by atoms with Crippen molar-refractivity contribution < 1.29 is 14.6 Å². The fourth-order valence-electron chi connectivity index (χ4n) is 2.61. The fourth-order valence-corrected chi connectivity index (χ4v) is 2.61. The Hall–Kier alpha value is -1.06. The first kappa shape index (κ1) is 11.1. The van der Waals surface area contributed by atoms with Crippen LogP contribution in [0.5, 0.6) is 5.75 Å². The number of aliphatic hydroxyl groups excluding tert-OH is 1. The highest BCUT2D eigenvalue weighted by molar-refractivity contribution is 5.38. The van der Waals surface area contributed by atoms with Gasteiger partial charge in [-0.05, 0) is 42.5 Å². The third-order valence-corrected chi connectivity index (χ3v) is 3.63. The average molecular weight is 234 g/mol. The maximum Gasteiger partial charge on any atom is 0.148 e. The normalized spacial score (nSPS) is 27.8. The largest absolute Gasteiger partial charge is 0.485 e. The first-order valence-electron chi connectivity index (χ1n) is 6.37. The molecular formula is C14H18O3. The van der Waals surface area contributed by atoms with Gasteiger partial charge in [-0.3, -0.25) is 0 Å². The minimum atomic E-state index is -0.406. The van der Waals surface area contributed by atoms with Gasteiger partial charge < -0.3 is 14.6 Å². The molecule has 0 spiro atoms. The molecule has 3 rings (SSSR count). The van der Waals surface area contributed by atoms with Crippen LogP contribution in [0.1, 0.15) is 24.0 Å². The molecule has 2 atom stereocenters. The van der Waals surface area contributed by atoms with Crippen molar-refractivity contribution in [3.8, 4) is 5.75 Å². The van der Waals surface area contributed by atoms with E-state index in [2.05, 4.69) is 12.1 Å². The van der Waals surface area contributed by atoms with Gasteiger partial charge in [0.25, 0.3) is 0 Å². The quantitative estimate of drug-likeness (QED) is 0.846. The zero-order valence-electron chi connectivity index (χ0n) is 9.89. The molecule has 2 aliphatic rings. The molecule has 0 saturated carbocycles. The second kappa shape index (κ2) is 4.67. The van der Waals surface area contributed by atoms with Gasteiger partial charge in [-0.2, -0.15) is 0 Å². The number of benzene rings is 1. The van der Waals surface area contributed by atoms with Crippen LogP contribution in [-0.4, -0.2) is 30.5 Å². The van der Waals surface area contributed by atoms with Crippen LogP contribution >= 0.6 is 0 Å². The van der Waals surface area contributed by atoms with Crippen LogP contribution in [0, 0.1) is 0 Å².